The van der Waals surface area contributed by atoms with Crippen molar-refractivity contribution in [1.29, 1.82) is 0 Å². The molecule has 0 atom stereocenters. The molecule has 1 amide bonds. The average molecular weight is 341 g/mol. The molecule has 25 heavy (non-hydrogen) atoms. The molecule has 132 valence electrons. The third kappa shape index (κ3) is 5.17. The third-order valence-corrected chi connectivity index (χ3v) is 4.39. The molecule has 1 aliphatic carbocycles. The second-order valence-corrected chi connectivity index (χ2v) is 6.23. The summed E-state index contributed by atoms with van der Waals surface area (Å²) in [6.45, 7) is 0. The molecule has 0 aliphatic heterocycles. The smallest absolute Gasteiger partial charge is 0.232 e. The maximum absolute atomic E-state index is 12.2. The summed E-state index contributed by atoms with van der Waals surface area (Å²) < 4.78 is 11.0. The van der Waals surface area contributed by atoms with Gasteiger partial charge in [0.15, 0.2) is 0 Å². The SMILES string of the molecule is COc1ccc(CC(=O)NC2CCC(Oc3cnccn3)CC2)cc1. The van der Waals surface area contributed by atoms with Crippen LogP contribution < -0.4 is 14.8 Å². The summed E-state index contributed by atoms with van der Waals surface area (Å²) in [5, 5.41) is 3.13. The molecule has 1 fully saturated rings. The van der Waals surface area contributed by atoms with Crippen LogP contribution in [0.25, 0.3) is 0 Å². The van der Waals surface area contributed by atoms with Gasteiger partial charge in [-0.05, 0) is 43.4 Å². The molecular formula is C19H23N3O3. The lowest BCUT2D eigenvalue weighted by Crippen LogP contribution is -2.40. The first kappa shape index (κ1) is 17.2. The molecule has 1 N–H and O–H groups in total. The molecule has 1 heterocycles. The summed E-state index contributed by atoms with van der Waals surface area (Å²) in [7, 11) is 1.63. The molecule has 6 heteroatoms. The van der Waals surface area contributed by atoms with Gasteiger partial charge >= 0.3 is 0 Å². The zero-order valence-corrected chi connectivity index (χ0v) is 14.4. The first-order chi connectivity index (χ1) is 12.2. The van der Waals surface area contributed by atoms with Gasteiger partial charge < -0.3 is 14.8 Å². The van der Waals surface area contributed by atoms with Crippen LogP contribution >= 0.6 is 0 Å². The van der Waals surface area contributed by atoms with Crippen LogP contribution in [0.1, 0.15) is 31.2 Å². The normalized spacial score (nSPS) is 19.9. The Balaban J connectivity index is 1.41. The number of benzene rings is 1. The summed E-state index contributed by atoms with van der Waals surface area (Å²) in [5.74, 6) is 1.42. The Morgan fingerprint density at radius 3 is 2.56 bits per heavy atom. The Morgan fingerprint density at radius 1 is 1.16 bits per heavy atom. The number of amides is 1. The van der Waals surface area contributed by atoms with Crippen LogP contribution in [0.3, 0.4) is 0 Å². The second kappa shape index (κ2) is 8.46. The highest BCUT2D eigenvalue weighted by molar-refractivity contribution is 5.78. The van der Waals surface area contributed by atoms with Gasteiger partial charge in [0.1, 0.15) is 11.9 Å². The quantitative estimate of drug-likeness (QED) is 0.874. The number of rotatable bonds is 6. The predicted molar refractivity (Wildman–Crippen MR) is 93.5 cm³/mol. The molecule has 1 aliphatic rings. The Labute approximate surface area is 147 Å². The fourth-order valence-electron chi connectivity index (χ4n) is 3.05. The summed E-state index contributed by atoms with van der Waals surface area (Å²) >= 11 is 0. The zero-order chi connectivity index (χ0) is 17.5. The standard InChI is InChI=1S/C19H23N3O3/c1-24-16-6-2-14(3-7-16)12-18(23)22-15-4-8-17(9-5-15)25-19-13-20-10-11-21-19/h2-3,6-7,10-11,13,15,17H,4-5,8-9,12H2,1H3,(H,22,23). The van der Waals surface area contributed by atoms with E-state index in [-0.39, 0.29) is 18.1 Å². The van der Waals surface area contributed by atoms with E-state index in [2.05, 4.69) is 15.3 Å². The molecule has 2 aromatic rings. The van der Waals surface area contributed by atoms with Gasteiger partial charge in [0.05, 0.1) is 19.7 Å². The van der Waals surface area contributed by atoms with Crippen molar-refractivity contribution in [3.63, 3.8) is 0 Å². The Kier molecular flexibility index (Phi) is 5.82. The Hall–Kier alpha value is -2.63. The van der Waals surface area contributed by atoms with Gasteiger partial charge in [-0.25, -0.2) is 4.98 Å². The number of aromatic nitrogens is 2. The van der Waals surface area contributed by atoms with Gasteiger partial charge in [-0.3, -0.25) is 9.78 Å². The third-order valence-electron chi connectivity index (χ3n) is 4.39. The number of methoxy groups -OCH3 is 1. The van der Waals surface area contributed by atoms with Crippen LogP contribution in [0.2, 0.25) is 0 Å². The minimum atomic E-state index is 0.0588. The van der Waals surface area contributed by atoms with E-state index in [1.165, 1.54) is 0 Å². The van der Waals surface area contributed by atoms with E-state index in [0.29, 0.717) is 12.3 Å². The van der Waals surface area contributed by atoms with Gasteiger partial charge in [-0.2, -0.15) is 0 Å². The van der Waals surface area contributed by atoms with E-state index in [0.717, 1.165) is 37.0 Å². The molecule has 1 aromatic heterocycles. The minimum Gasteiger partial charge on any atom is -0.497 e. The number of hydrogen-bond donors (Lipinski definition) is 1. The highest BCUT2D eigenvalue weighted by atomic mass is 16.5. The van der Waals surface area contributed by atoms with Crippen LogP contribution in [-0.4, -0.2) is 35.1 Å². The van der Waals surface area contributed by atoms with Crippen LogP contribution in [0.15, 0.2) is 42.9 Å². The number of ether oxygens (including phenoxy) is 2. The van der Waals surface area contributed by atoms with Crippen molar-refractivity contribution in [3.8, 4) is 11.6 Å². The van der Waals surface area contributed by atoms with Crippen LogP contribution in [-0.2, 0) is 11.2 Å². The van der Waals surface area contributed by atoms with Crippen LogP contribution in [0, 0.1) is 0 Å². The van der Waals surface area contributed by atoms with Crippen molar-refractivity contribution in [2.75, 3.05) is 7.11 Å². The monoisotopic (exact) mass is 341 g/mol. The van der Waals surface area contributed by atoms with Gasteiger partial charge in [0.25, 0.3) is 0 Å². The molecular weight excluding hydrogens is 318 g/mol. The topological polar surface area (TPSA) is 73.3 Å². The van der Waals surface area contributed by atoms with E-state index in [1.54, 1.807) is 25.7 Å². The Morgan fingerprint density at radius 2 is 1.92 bits per heavy atom. The maximum Gasteiger partial charge on any atom is 0.232 e. The number of carbonyl (C=O) groups excluding carboxylic acids is 1. The molecule has 1 aromatic carbocycles. The fraction of sp³-hybridized carbons (Fsp3) is 0.421. The lowest BCUT2D eigenvalue weighted by molar-refractivity contribution is -0.121. The molecule has 0 spiro atoms. The lowest BCUT2D eigenvalue weighted by Gasteiger charge is -2.29. The number of carbonyl (C=O) groups is 1. The number of nitrogens with one attached hydrogen (secondary N) is 1. The van der Waals surface area contributed by atoms with Crippen LogP contribution in [0.4, 0.5) is 0 Å². The summed E-state index contributed by atoms with van der Waals surface area (Å²) in [6.07, 6.45) is 9.06. The van der Waals surface area contributed by atoms with E-state index < -0.39 is 0 Å². The average Bonchev–Trinajstić information content (AvgIpc) is 2.65. The van der Waals surface area contributed by atoms with E-state index >= 15 is 0 Å². The molecule has 3 rings (SSSR count). The summed E-state index contributed by atoms with van der Waals surface area (Å²) in [6, 6.07) is 7.80. The predicted octanol–water partition coefficient (Wildman–Crippen LogP) is 2.53. The first-order valence-corrected chi connectivity index (χ1v) is 8.58. The lowest BCUT2D eigenvalue weighted by atomic mass is 9.92. The molecule has 0 bridgehead atoms. The van der Waals surface area contributed by atoms with Crippen molar-refractivity contribution in [2.45, 2.75) is 44.2 Å². The Bertz CT molecular complexity index is 668. The second-order valence-electron chi connectivity index (χ2n) is 6.23. The van der Waals surface area contributed by atoms with Gasteiger partial charge in [0, 0.05) is 18.4 Å². The largest absolute Gasteiger partial charge is 0.497 e. The van der Waals surface area contributed by atoms with E-state index in [9.17, 15) is 4.79 Å². The van der Waals surface area contributed by atoms with Crippen molar-refractivity contribution < 1.29 is 14.3 Å². The number of hydrogen-bond acceptors (Lipinski definition) is 5. The minimum absolute atomic E-state index is 0.0588. The fourth-order valence-corrected chi connectivity index (χ4v) is 3.05. The van der Waals surface area contributed by atoms with Crippen molar-refractivity contribution in [3.05, 3.63) is 48.4 Å². The summed E-state index contributed by atoms with van der Waals surface area (Å²) in [5.41, 5.74) is 0.984. The molecule has 1 saturated carbocycles. The van der Waals surface area contributed by atoms with Gasteiger partial charge in [0.2, 0.25) is 11.8 Å². The molecule has 0 radical (unpaired) electrons. The number of nitrogens with zero attached hydrogens (tertiary/aromatic N) is 2. The molecule has 0 unspecified atom stereocenters. The van der Waals surface area contributed by atoms with E-state index in [4.69, 9.17) is 9.47 Å². The zero-order valence-electron chi connectivity index (χ0n) is 14.4. The highest BCUT2D eigenvalue weighted by Gasteiger charge is 2.23. The van der Waals surface area contributed by atoms with Crippen molar-refractivity contribution in [2.24, 2.45) is 0 Å². The van der Waals surface area contributed by atoms with Gasteiger partial charge in [-0.1, -0.05) is 12.1 Å². The van der Waals surface area contributed by atoms with Crippen LogP contribution in [0.5, 0.6) is 11.6 Å². The highest BCUT2D eigenvalue weighted by Crippen LogP contribution is 2.22. The van der Waals surface area contributed by atoms with Gasteiger partial charge in [-0.15, -0.1) is 0 Å². The van der Waals surface area contributed by atoms with Crippen molar-refractivity contribution >= 4 is 5.91 Å². The first-order valence-electron chi connectivity index (χ1n) is 8.58. The molecule has 0 saturated heterocycles. The van der Waals surface area contributed by atoms with Crippen molar-refractivity contribution in [1.82, 2.24) is 15.3 Å². The maximum atomic E-state index is 12.2. The molecule has 6 nitrogen and oxygen atoms in total. The summed E-state index contributed by atoms with van der Waals surface area (Å²) in [4.78, 5) is 20.4. The van der Waals surface area contributed by atoms with E-state index in [1.807, 2.05) is 24.3 Å².